The zero-order valence-electron chi connectivity index (χ0n) is 17.0. The Hall–Kier alpha value is -5.27. The molecule has 0 fully saturated rings. The van der Waals surface area contributed by atoms with Crippen molar-refractivity contribution < 1.29 is 47.6 Å². The highest BCUT2D eigenvalue weighted by Gasteiger charge is 2.24. The molecular formula is C21H10F2N2O10. The summed E-state index contributed by atoms with van der Waals surface area (Å²) in [6.07, 6.45) is 0. The van der Waals surface area contributed by atoms with Gasteiger partial charge in [0.25, 0.3) is 11.4 Å². The summed E-state index contributed by atoms with van der Waals surface area (Å²) in [6.45, 7) is 0. The van der Waals surface area contributed by atoms with Gasteiger partial charge in [0.1, 0.15) is 22.8 Å². The SMILES string of the molecule is O=C(O)c1ccc(OC(=O)c2cc([N+](=O)[O-])ccc2F)c(OC(=O)c2cc([N+](=O)[O-])ccc2F)c1. The molecule has 0 amide bonds. The van der Waals surface area contributed by atoms with Crippen molar-refractivity contribution in [2.24, 2.45) is 0 Å². The summed E-state index contributed by atoms with van der Waals surface area (Å²) in [4.78, 5) is 56.2. The van der Waals surface area contributed by atoms with Crippen LogP contribution in [0.25, 0.3) is 0 Å². The molecule has 12 nitrogen and oxygen atoms in total. The van der Waals surface area contributed by atoms with Crippen LogP contribution in [0.2, 0.25) is 0 Å². The van der Waals surface area contributed by atoms with Gasteiger partial charge in [-0.2, -0.15) is 0 Å². The molecule has 1 N–H and O–H groups in total. The molecular weight excluding hydrogens is 478 g/mol. The van der Waals surface area contributed by atoms with Crippen LogP contribution in [-0.4, -0.2) is 32.9 Å². The maximum Gasteiger partial charge on any atom is 0.346 e. The van der Waals surface area contributed by atoms with Gasteiger partial charge < -0.3 is 14.6 Å². The molecule has 0 aliphatic rings. The Morgan fingerprint density at radius 1 is 0.714 bits per heavy atom. The number of nitro benzene ring substituents is 2. The number of esters is 2. The molecule has 0 radical (unpaired) electrons. The van der Waals surface area contributed by atoms with Gasteiger partial charge in [0.05, 0.1) is 15.4 Å². The average Bonchev–Trinajstić information content (AvgIpc) is 2.80. The van der Waals surface area contributed by atoms with Gasteiger partial charge in [0, 0.05) is 24.3 Å². The number of ether oxygens (including phenoxy) is 2. The maximum absolute atomic E-state index is 14.1. The summed E-state index contributed by atoms with van der Waals surface area (Å²) >= 11 is 0. The molecule has 0 spiro atoms. The first kappa shape index (κ1) is 24.4. The van der Waals surface area contributed by atoms with Crippen LogP contribution in [0.4, 0.5) is 20.2 Å². The first-order valence-corrected chi connectivity index (χ1v) is 9.17. The molecule has 3 aromatic rings. The number of benzene rings is 3. The molecule has 0 atom stereocenters. The summed E-state index contributed by atoms with van der Waals surface area (Å²) in [5, 5.41) is 31.0. The minimum atomic E-state index is -1.51. The average molecular weight is 488 g/mol. The molecule has 0 unspecified atom stereocenters. The second-order valence-corrected chi connectivity index (χ2v) is 6.59. The molecule has 0 aromatic heterocycles. The molecule has 0 aliphatic carbocycles. The number of carbonyl (C=O) groups excluding carboxylic acids is 2. The van der Waals surface area contributed by atoms with E-state index in [0.29, 0.717) is 24.3 Å². The summed E-state index contributed by atoms with van der Waals surface area (Å²) in [5.74, 6) is -8.22. The molecule has 0 saturated heterocycles. The van der Waals surface area contributed by atoms with Gasteiger partial charge >= 0.3 is 17.9 Å². The van der Waals surface area contributed by atoms with E-state index in [9.17, 15) is 48.5 Å². The Morgan fingerprint density at radius 2 is 1.17 bits per heavy atom. The minimum Gasteiger partial charge on any atom is -0.478 e. The predicted molar refractivity (Wildman–Crippen MR) is 109 cm³/mol. The van der Waals surface area contributed by atoms with E-state index in [1.54, 1.807) is 0 Å². The van der Waals surface area contributed by atoms with E-state index in [4.69, 9.17) is 9.47 Å². The number of halogens is 2. The van der Waals surface area contributed by atoms with E-state index < -0.39 is 79.0 Å². The fourth-order valence-electron chi connectivity index (χ4n) is 2.68. The van der Waals surface area contributed by atoms with Gasteiger partial charge in [-0.3, -0.25) is 20.2 Å². The number of aromatic carboxylic acids is 1. The second kappa shape index (κ2) is 9.70. The second-order valence-electron chi connectivity index (χ2n) is 6.59. The number of nitro groups is 2. The van der Waals surface area contributed by atoms with Crippen molar-refractivity contribution in [1.29, 1.82) is 0 Å². The van der Waals surface area contributed by atoms with Crippen LogP contribution in [0.15, 0.2) is 54.6 Å². The molecule has 14 heteroatoms. The lowest BCUT2D eigenvalue weighted by Crippen LogP contribution is -2.15. The van der Waals surface area contributed by atoms with Gasteiger partial charge in [-0.25, -0.2) is 23.2 Å². The molecule has 3 aromatic carbocycles. The number of non-ortho nitro benzene ring substituents is 2. The van der Waals surface area contributed by atoms with Crippen LogP contribution in [0.1, 0.15) is 31.1 Å². The van der Waals surface area contributed by atoms with Crippen molar-refractivity contribution in [2.75, 3.05) is 0 Å². The number of hydrogen-bond acceptors (Lipinski definition) is 9. The van der Waals surface area contributed by atoms with Crippen LogP contribution < -0.4 is 9.47 Å². The Morgan fingerprint density at radius 3 is 1.60 bits per heavy atom. The van der Waals surface area contributed by atoms with Gasteiger partial charge in [-0.15, -0.1) is 0 Å². The Balaban J connectivity index is 1.99. The largest absolute Gasteiger partial charge is 0.478 e. The number of carboxylic acids is 1. The van der Waals surface area contributed by atoms with E-state index in [1.165, 1.54) is 0 Å². The van der Waals surface area contributed by atoms with Crippen LogP contribution in [0.3, 0.4) is 0 Å². The molecule has 3 rings (SSSR count). The monoisotopic (exact) mass is 488 g/mol. The number of nitrogens with zero attached hydrogens (tertiary/aromatic N) is 2. The molecule has 0 bridgehead atoms. The Kier molecular flexibility index (Phi) is 6.75. The fourth-order valence-corrected chi connectivity index (χ4v) is 2.68. The lowest BCUT2D eigenvalue weighted by Gasteiger charge is -2.12. The predicted octanol–water partition coefficient (Wildman–Crippen LogP) is 3.92. The summed E-state index contributed by atoms with van der Waals surface area (Å²) in [5.41, 5.74) is -3.49. The fraction of sp³-hybridized carbons (Fsp3) is 0. The zero-order chi connectivity index (χ0) is 25.9. The van der Waals surface area contributed by atoms with Crippen LogP contribution in [0.5, 0.6) is 11.5 Å². The summed E-state index contributed by atoms with van der Waals surface area (Å²) in [7, 11) is 0. The Labute approximate surface area is 192 Å². The van der Waals surface area contributed by atoms with Crippen molar-refractivity contribution in [3.8, 4) is 11.5 Å². The van der Waals surface area contributed by atoms with Crippen LogP contribution >= 0.6 is 0 Å². The minimum absolute atomic E-state index is 0.464. The van der Waals surface area contributed by atoms with Crippen molar-refractivity contribution >= 4 is 29.3 Å². The third-order valence-corrected chi connectivity index (χ3v) is 4.36. The molecule has 35 heavy (non-hydrogen) atoms. The number of rotatable bonds is 7. The van der Waals surface area contributed by atoms with Gasteiger partial charge in [0.2, 0.25) is 0 Å². The van der Waals surface area contributed by atoms with Crippen molar-refractivity contribution in [1.82, 2.24) is 0 Å². The first-order valence-electron chi connectivity index (χ1n) is 9.17. The highest BCUT2D eigenvalue weighted by atomic mass is 19.1. The Bertz CT molecular complexity index is 1410. The lowest BCUT2D eigenvalue weighted by atomic mass is 10.1. The molecule has 0 saturated carbocycles. The quantitative estimate of drug-likeness (QED) is 0.222. The van der Waals surface area contributed by atoms with Crippen molar-refractivity contribution in [2.45, 2.75) is 0 Å². The standard InChI is InChI=1S/C21H10F2N2O10/c22-15-4-2-11(24(30)31)8-13(15)20(28)34-17-6-1-10(19(26)27)7-18(17)35-21(29)14-9-12(25(32)33)3-5-16(14)23/h1-9H,(H,26,27). The molecule has 0 aliphatic heterocycles. The molecule has 178 valence electrons. The van der Waals surface area contributed by atoms with Crippen molar-refractivity contribution in [3.63, 3.8) is 0 Å². The van der Waals surface area contributed by atoms with Gasteiger partial charge in [-0.1, -0.05) is 0 Å². The lowest BCUT2D eigenvalue weighted by molar-refractivity contribution is -0.385. The first-order chi connectivity index (χ1) is 16.5. The van der Waals surface area contributed by atoms with E-state index in [0.717, 1.165) is 30.3 Å². The normalized spacial score (nSPS) is 10.3. The highest BCUT2D eigenvalue weighted by molar-refractivity contribution is 5.95. The third-order valence-electron chi connectivity index (χ3n) is 4.36. The highest BCUT2D eigenvalue weighted by Crippen LogP contribution is 2.31. The van der Waals surface area contributed by atoms with Gasteiger partial charge in [-0.05, 0) is 30.3 Å². The molecule has 0 heterocycles. The van der Waals surface area contributed by atoms with Crippen LogP contribution in [-0.2, 0) is 0 Å². The van der Waals surface area contributed by atoms with E-state index in [2.05, 4.69) is 0 Å². The third kappa shape index (κ3) is 5.39. The summed E-state index contributed by atoms with van der Waals surface area (Å²) in [6, 6.07) is 6.55. The number of hydrogen-bond donors (Lipinski definition) is 1. The topological polar surface area (TPSA) is 176 Å². The van der Waals surface area contributed by atoms with E-state index in [-0.39, 0.29) is 0 Å². The maximum atomic E-state index is 14.1. The van der Waals surface area contributed by atoms with E-state index in [1.807, 2.05) is 0 Å². The smallest absolute Gasteiger partial charge is 0.346 e. The van der Waals surface area contributed by atoms with Gasteiger partial charge in [0.15, 0.2) is 11.5 Å². The van der Waals surface area contributed by atoms with Crippen molar-refractivity contribution in [3.05, 3.63) is 103 Å². The number of carbonyl (C=O) groups is 3. The van der Waals surface area contributed by atoms with Crippen LogP contribution in [0, 0.1) is 31.9 Å². The number of carboxylic acid groups (broad SMARTS) is 1. The zero-order valence-corrected chi connectivity index (χ0v) is 17.0. The van der Waals surface area contributed by atoms with E-state index >= 15 is 0 Å². The summed E-state index contributed by atoms with van der Waals surface area (Å²) < 4.78 is 38.0.